The van der Waals surface area contributed by atoms with E-state index in [1.807, 2.05) is 6.07 Å². The first-order valence-corrected chi connectivity index (χ1v) is 5.46. The Morgan fingerprint density at radius 1 is 1.33 bits per heavy atom. The highest BCUT2D eigenvalue weighted by atomic mass is 19.4. The molecule has 0 aliphatic carbocycles. The molecular weight excluding hydrogens is 248 g/mol. The van der Waals surface area contributed by atoms with E-state index in [2.05, 4.69) is 0 Å². The second-order valence-corrected chi connectivity index (χ2v) is 4.14. The SMILES string of the molecule is N#C[C@H]1CCCN1c1ccc(C(F)(F)F)cc1F. The van der Waals surface area contributed by atoms with Gasteiger partial charge in [0.2, 0.25) is 0 Å². The van der Waals surface area contributed by atoms with Gasteiger partial charge in [0.15, 0.2) is 0 Å². The summed E-state index contributed by atoms with van der Waals surface area (Å²) in [7, 11) is 0. The van der Waals surface area contributed by atoms with E-state index in [1.165, 1.54) is 4.90 Å². The van der Waals surface area contributed by atoms with Crippen molar-refractivity contribution in [2.45, 2.75) is 25.1 Å². The van der Waals surface area contributed by atoms with Crippen molar-refractivity contribution < 1.29 is 17.6 Å². The average molecular weight is 258 g/mol. The molecule has 6 heteroatoms. The Morgan fingerprint density at radius 2 is 2.06 bits per heavy atom. The third kappa shape index (κ3) is 2.26. The Bertz CT molecular complexity index is 490. The van der Waals surface area contributed by atoms with E-state index < -0.39 is 23.6 Å². The molecule has 2 nitrogen and oxygen atoms in total. The van der Waals surface area contributed by atoms with Gasteiger partial charge in [0.05, 0.1) is 17.3 Å². The minimum atomic E-state index is -4.56. The van der Waals surface area contributed by atoms with E-state index in [4.69, 9.17) is 5.26 Å². The van der Waals surface area contributed by atoms with Crippen LogP contribution in [-0.2, 0) is 6.18 Å². The molecule has 1 aromatic rings. The summed E-state index contributed by atoms with van der Waals surface area (Å²) in [5.74, 6) is -0.938. The molecule has 1 heterocycles. The molecule has 1 saturated heterocycles. The Morgan fingerprint density at radius 3 is 2.61 bits per heavy atom. The largest absolute Gasteiger partial charge is 0.416 e. The Balaban J connectivity index is 2.34. The number of alkyl halides is 3. The lowest BCUT2D eigenvalue weighted by Gasteiger charge is -2.22. The second-order valence-electron chi connectivity index (χ2n) is 4.14. The first kappa shape index (κ1) is 12.7. The van der Waals surface area contributed by atoms with Crippen molar-refractivity contribution in [1.29, 1.82) is 5.26 Å². The van der Waals surface area contributed by atoms with Crippen molar-refractivity contribution in [3.63, 3.8) is 0 Å². The molecule has 1 aliphatic rings. The molecule has 0 bridgehead atoms. The van der Waals surface area contributed by atoms with Crippen molar-refractivity contribution in [2.75, 3.05) is 11.4 Å². The number of rotatable bonds is 1. The summed E-state index contributed by atoms with van der Waals surface area (Å²) >= 11 is 0. The third-order valence-electron chi connectivity index (χ3n) is 2.99. The van der Waals surface area contributed by atoms with Gasteiger partial charge in [-0.2, -0.15) is 18.4 Å². The average Bonchev–Trinajstić information content (AvgIpc) is 2.75. The van der Waals surface area contributed by atoms with E-state index in [-0.39, 0.29) is 5.69 Å². The molecule has 0 N–H and O–H groups in total. The lowest BCUT2D eigenvalue weighted by molar-refractivity contribution is -0.137. The van der Waals surface area contributed by atoms with Gasteiger partial charge in [-0.1, -0.05) is 0 Å². The van der Waals surface area contributed by atoms with E-state index in [1.54, 1.807) is 0 Å². The lowest BCUT2D eigenvalue weighted by atomic mass is 10.1. The number of nitrogens with zero attached hydrogens (tertiary/aromatic N) is 2. The molecule has 1 fully saturated rings. The molecule has 2 rings (SSSR count). The molecule has 0 amide bonds. The smallest absolute Gasteiger partial charge is 0.353 e. The van der Waals surface area contributed by atoms with E-state index in [0.717, 1.165) is 18.6 Å². The van der Waals surface area contributed by atoms with Crippen LogP contribution in [0.1, 0.15) is 18.4 Å². The molecule has 1 aliphatic heterocycles. The number of anilines is 1. The zero-order valence-corrected chi connectivity index (χ0v) is 9.34. The number of hydrogen-bond acceptors (Lipinski definition) is 2. The summed E-state index contributed by atoms with van der Waals surface area (Å²) in [4.78, 5) is 1.51. The molecule has 0 saturated carbocycles. The normalized spacial score (nSPS) is 19.9. The highest BCUT2D eigenvalue weighted by molar-refractivity contribution is 5.52. The van der Waals surface area contributed by atoms with Crippen LogP contribution in [0.3, 0.4) is 0 Å². The van der Waals surface area contributed by atoms with Crippen LogP contribution < -0.4 is 4.90 Å². The fraction of sp³-hybridized carbons (Fsp3) is 0.417. The van der Waals surface area contributed by atoms with E-state index in [9.17, 15) is 17.6 Å². The van der Waals surface area contributed by atoms with Crippen LogP contribution in [0.15, 0.2) is 18.2 Å². The van der Waals surface area contributed by atoms with Crippen LogP contribution in [0.25, 0.3) is 0 Å². The molecule has 0 unspecified atom stereocenters. The number of hydrogen-bond donors (Lipinski definition) is 0. The predicted molar refractivity (Wildman–Crippen MR) is 57.4 cm³/mol. The first-order chi connectivity index (χ1) is 8.43. The predicted octanol–water partition coefficient (Wildman–Crippen LogP) is 3.34. The van der Waals surface area contributed by atoms with Crippen molar-refractivity contribution in [2.24, 2.45) is 0 Å². The fourth-order valence-corrected chi connectivity index (χ4v) is 2.11. The quantitative estimate of drug-likeness (QED) is 0.722. The molecule has 1 atom stereocenters. The van der Waals surface area contributed by atoms with Gasteiger partial charge in [0.25, 0.3) is 0 Å². The topological polar surface area (TPSA) is 27.0 Å². The molecular formula is C12H10F4N2. The molecule has 1 aromatic carbocycles. The van der Waals surface area contributed by atoms with Gasteiger partial charge in [0, 0.05) is 6.54 Å². The number of benzene rings is 1. The number of nitriles is 1. The molecule has 18 heavy (non-hydrogen) atoms. The summed E-state index contributed by atoms with van der Waals surface area (Å²) in [6.45, 7) is 0.487. The molecule has 0 radical (unpaired) electrons. The molecule has 96 valence electrons. The van der Waals surface area contributed by atoms with Gasteiger partial charge >= 0.3 is 6.18 Å². The minimum absolute atomic E-state index is 0.0621. The Kier molecular flexibility index (Phi) is 3.16. The van der Waals surface area contributed by atoms with E-state index in [0.29, 0.717) is 19.0 Å². The van der Waals surface area contributed by atoms with Crippen molar-refractivity contribution in [3.05, 3.63) is 29.6 Å². The van der Waals surface area contributed by atoms with Gasteiger partial charge in [-0.3, -0.25) is 0 Å². The van der Waals surface area contributed by atoms with Crippen molar-refractivity contribution >= 4 is 5.69 Å². The highest BCUT2D eigenvalue weighted by Crippen LogP contribution is 2.34. The van der Waals surface area contributed by atoms with Gasteiger partial charge in [0.1, 0.15) is 11.9 Å². The summed E-state index contributed by atoms with van der Waals surface area (Å²) < 4.78 is 50.9. The van der Waals surface area contributed by atoms with E-state index >= 15 is 0 Å². The van der Waals surface area contributed by atoms with Crippen LogP contribution in [-0.4, -0.2) is 12.6 Å². The molecule has 0 aromatic heterocycles. The molecule has 0 spiro atoms. The van der Waals surface area contributed by atoms with Gasteiger partial charge in [-0.15, -0.1) is 0 Å². The number of halogens is 4. The zero-order valence-electron chi connectivity index (χ0n) is 9.34. The van der Waals surface area contributed by atoms with Crippen LogP contribution in [0.5, 0.6) is 0 Å². The van der Waals surface area contributed by atoms with Crippen LogP contribution in [0, 0.1) is 17.1 Å². The maximum absolute atomic E-state index is 13.7. The fourth-order valence-electron chi connectivity index (χ4n) is 2.11. The van der Waals surface area contributed by atoms with Crippen molar-refractivity contribution in [1.82, 2.24) is 0 Å². The summed E-state index contributed by atoms with van der Waals surface area (Å²) in [6, 6.07) is 3.96. The summed E-state index contributed by atoms with van der Waals surface area (Å²) in [5, 5.41) is 8.88. The van der Waals surface area contributed by atoms with Crippen LogP contribution in [0.2, 0.25) is 0 Å². The maximum Gasteiger partial charge on any atom is 0.416 e. The summed E-state index contributed by atoms with van der Waals surface area (Å²) in [6.07, 6.45) is -3.21. The van der Waals surface area contributed by atoms with Crippen molar-refractivity contribution in [3.8, 4) is 6.07 Å². The first-order valence-electron chi connectivity index (χ1n) is 5.46. The third-order valence-corrected chi connectivity index (χ3v) is 2.99. The lowest BCUT2D eigenvalue weighted by Crippen LogP contribution is -2.28. The Labute approximate surface area is 101 Å². The van der Waals surface area contributed by atoms with Crippen LogP contribution >= 0.6 is 0 Å². The van der Waals surface area contributed by atoms with Gasteiger partial charge in [-0.25, -0.2) is 4.39 Å². The maximum atomic E-state index is 13.7. The summed E-state index contributed by atoms with van der Waals surface area (Å²) in [5.41, 5.74) is -0.955. The standard InChI is InChI=1S/C12H10F4N2/c13-10-6-8(12(14,15)16)3-4-11(10)18-5-1-2-9(18)7-17/h3-4,6,9H,1-2,5H2/t9-/m1/s1. The monoisotopic (exact) mass is 258 g/mol. The van der Waals surface area contributed by atoms with Gasteiger partial charge in [-0.05, 0) is 31.0 Å². The van der Waals surface area contributed by atoms with Crippen LogP contribution in [0.4, 0.5) is 23.2 Å². The second kappa shape index (κ2) is 4.48. The zero-order chi connectivity index (χ0) is 13.3. The highest BCUT2D eigenvalue weighted by Gasteiger charge is 2.33. The Hall–Kier alpha value is -1.77. The van der Waals surface area contributed by atoms with Gasteiger partial charge < -0.3 is 4.90 Å². The minimum Gasteiger partial charge on any atom is -0.353 e.